The van der Waals surface area contributed by atoms with Crippen LogP contribution in [0.3, 0.4) is 0 Å². The van der Waals surface area contributed by atoms with Crippen molar-refractivity contribution in [3.05, 3.63) is 42.5 Å². The van der Waals surface area contributed by atoms with Crippen molar-refractivity contribution >= 4 is 16.0 Å². The molecule has 0 saturated heterocycles. The summed E-state index contributed by atoms with van der Waals surface area (Å²) in [4.78, 5) is 6.57. The molecular weight excluding hydrogens is 312 g/mol. The number of allylic oxidation sites excluding steroid dienone is 1. The van der Waals surface area contributed by atoms with E-state index in [4.69, 9.17) is 0 Å². The zero-order chi connectivity index (χ0) is 17.3. The highest BCUT2D eigenvalue weighted by molar-refractivity contribution is 7.89. The van der Waals surface area contributed by atoms with Crippen LogP contribution in [0.1, 0.15) is 18.4 Å². The minimum absolute atomic E-state index is 0.259. The zero-order valence-electron chi connectivity index (χ0n) is 14.0. The Balaban J connectivity index is 2.61. The fourth-order valence-corrected chi connectivity index (χ4v) is 2.78. The molecule has 0 spiro atoms. The lowest BCUT2D eigenvalue weighted by Crippen LogP contribution is -2.38. The van der Waals surface area contributed by atoms with Crippen LogP contribution in [0, 0.1) is 0 Å². The van der Waals surface area contributed by atoms with E-state index in [0.29, 0.717) is 6.54 Å². The molecule has 0 aliphatic heterocycles. The lowest BCUT2D eigenvalue weighted by Gasteiger charge is -2.22. The summed E-state index contributed by atoms with van der Waals surface area (Å²) in [6, 6.07) is 6.78. The third-order valence-corrected chi connectivity index (χ3v) is 4.86. The molecule has 0 heterocycles. The van der Waals surface area contributed by atoms with E-state index in [1.165, 1.54) is 7.05 Å². The van der Waals surface area contributed by atoms with Crippen molar-refractivity contribution in [3.63, 3.8) is 0 Å². The fraction of sp³-hybridized carbons (Fsp3) is 0.438. The van der Waals surface area contributed by atoms with Crippen molar-refractivity contribution in [1.82, 2.24) is 14.9 Å². The molecule has 1 rings (SSSR count). The summed E-state index contributed by atoms with van der Waals surface area (Å²) in [7, 11) is 1.74. The maximum absolute atomic E-state index is 11.7. The number of sulfonamides is 1. The van der Waals surface area contributed by atoms with E-state index in [9.17, 15) is 8.42 Å². The predicted molar refractivity (Wildman–Crippen MR) is 94.9 cm³/mol. The molecule has 6 nitrogen and oxygen atoms in total. The number of hydrogen-bond donors (Lipinski definition) is 2. The van der Waals surface area contributed by atoms with Gasteiger partial charge in [0.25, 0.3) is 0 Å². The summed E-state index contributed by atoms with van der Waals surface area (Å²) in [5.74, 6) is 0.806. The fourth-order valence-electron chi connectivity index (χ4n) is 2.05. The Morgan fingerprint density at radius 2 is 2.00 bits per heavy atom. The second-order valence-electron chi connectivity index (χ2n) is 5.10. The number of rotatable bonds is 8. The normalized spacial score (nSPS) is 12.0. The molecule has 0 unspecified atom stereocenters. The molecule has 0 bridgehead atoms. The van der Waals surface area contributed by atoms with Gasteiger partial charge >= 0.3 is 0 Å². The monoisotopic (exact) mass is 338 g/mol. The number of unbranched alkanes of at least 4 members (excludes halogenated alkanes) is 1. The van der Waals surface area contributed by atoms with Crippen molar-refractivity contribution in [2.75, 3.05) is 27.7 Å². The number of aliphatic imine (C=N–C) groups is 1. The van der Waals surface area contributed by atoms with Crippen molar-refractivity contribution in [1.29, 1.82) is 0 Å². The Morgan fingerprint density at radius 1 is 1.35 bits per heavy atom. The molecule has 0 amide bonds. The van der Waals surface area contributed by atoms with Gasteiger partial charge in [0.2, 0.25) is 10.0 Å². The number of benzene rings is 1. The lowest BCUT2D eigenvalue weighted by molar-refractivity contribution is 0.470. The van der Waals surface area contributed by atoms with Gasteiger partial charge in [0.05, 0.1) is 4.90 Å². The molecule has 0 aliphatic carbocycles. The molecule has 0 aliphatic rings. The maximum Gasteiger partial charge on any atom is 0.240 e. The first kappa shape index (κ1) is 19.2. The first-order valence-corrected chi connectivity index (χ1v) is 8.98. The highest BCUT2D eigenvalue weighted by atomic mass is 32.2. The Morgan fingerprint density at radius 3 is 2.52 bits per heavy atom. The minimum atomic E-state index is -3.39. The van der Waals surface area contributed by atoms with Gasteiger partial charge in [0.1, 0.15) is 0 Å². The molecule has 7 heteroatoms. The third-order valence-electron chi connectivity index (χ3n) is 3.43. The summed E-state index contributed by atoms with van der Waals surface area (Å²) in [5.41, 5.74) is 0.987. The van der Waals surface area contributed by atoms with Gasteiger partial charge in [-0.15, -0.1) is 6.58 Å². The van der Waals surface area contributed by atoms with E-state index < -0.39 is 10.0 Å². The summed E-state index contributed by atoms with van der Waals surface area (Å²) in [6.45, 7) is 5.19. The Bertz CT molecular complexity index is 624. The highest BCUT2D eigenvalue weighted by Gasteiger charge is 2.10. The van der Waals surface area contributed by atoms with Crippen molar-refractivity contribution in [2.24, 2.45) is 4.99 Å². The number of guanidine groups is 1. The van der Waals surface area contributed by atoms with Gasteiger partial charge in [0.15, 0.2) is 5.96 Å². The standard InChI is InChI=1S/C16H26N4O2S/c1-5-6-7-12-20(4)16(17-2)19-13-14-8-10-15(11-9-14)23(21,22)18-3/h5,8-11,18H,1,6-7,12-13H2,2-4H3,(H,17,19). The molecule has 1 aromatic carbocycles. The Hall–Kier alpha value is -1.86. The van der Waals surface area contributed by atoms with Crippen LogP contribution in [0.15, 0.2) is 46.8 Å². The topological polar surface area (TPSA) is 73.8 Å². The third kappa shape index (κ3) is 6.03. The molecule has 0 radical (unpaired) electrons. The number of nitrogens with one attached hydrogen (secondary N) is 2. The van der Waals surface area contributed by atoms with E-state index in [-0.39, 0.29) is 4.90 Å². The molecular formula is C16H26N4O2S. The van der Waals surface area contributed by atoms with Crippen LogP contribution in [-0.4, -0.2) is 47.0 Å². The molecule has 128 valence electrons. The summed E-state index contributed by atoms with van der Waals surface area (Å²) >= 11 is 0. The molecule has 0 aromatic heterocycles. The zero-order valence-corrected chi connectivity index (χ0v) is 14.9. The minimum Gasteiger partial charge on any atom is -0.352 e. The summed E-state index contributed by atoms with van der Waals surface area (Å²) < 4.78 is 25.7. The predicted octanol–water partition coefficient (Wildman–Crippen LogP) is 1.57. The van der Waals surface area contributed by atoms with Crippen LogP contribution in [0.2, 0.25) is 0 Å². The van der Waals surface area contributed by atoms with Crippen LogP contribution < -0.4 is 10.0 Å². The highest BCUT2D eigenvalue weighted by Crippen LogP contribution is 2.10. The van der Waals surface area contributed by atoms with Crippen molar-refractivity contribution < 1.29 is 8.42 Å². The van der Waals surface area contributed by atoms with Gasteiger partial charge in [-0.05, 0) is 37.6 Å². The van der Waals surface area contributed by atoms with E-state index in [2.05, 4.69) is 26.5 Å². The van der Waals surface area contributed by atoms with Gasteiger partial charge in [0, 0.05) is 27.2 Å². The molecule has 0 fully saturated rings. The largest absolute Gasteiger partial charge is 0.352 e. The lowest BCUT2D eigenvalue weighted by atomic mass is 10.2. The van der Waals surface area contributed by atoms with E-state index >= 15 is 0 Å². The SMILES string of the molecule is C=CCCCN(C)C(=NC)NCc1ccc(S(=O)(=O)NC)cc1. The van der Waals surface area contributed by atoms with Gasteiger partial charge in [-0.2, -0.15) is 0 Å². The van der Waals surface area contributed by atoms with Crippen molar-refractivity contribution in [3.8, 4) is 0 Å². The van der Waals surface area contributed by atoms with E-state index in [1.807, 2.05) is 13.1 Å². The maximum atomic E-state index is 11.7. The quantitative estimate of drug-likeness (QED) is 0.327. The Labute approximate surface area is 139 Å². The first-order valence-electron chi connectivity index (χ1n) is 7.49. The second-order valence-corrected chi connectivity index (χ2v) is 6.99. The Kier molecular flexibility index (Phi) is 7.77. The molecule has 1 aromatic rings. The molecule has 2 N–H and O–H groups in total. The van der Waals surface area contributed by atoms with Crippen LogP contribution in [0.25, 0.3) is 0 Å². The average Bonchev–Trinajstić information content (AvgIpc) is 2.56. The van der Waals surface area contributed by atoms with E-state index in [0.717, 1.165) is 30.9 Å². The molecule has 0 atom stereocenters. The number of nitrogens with zero attached hydrogens (tertiary/aromatic N) is 2. The van der Waals surface area contributed by atoms with Gasteiger partial charge in [-0.3, -0.25) is 4.99 Å². The summed E-state index contributed by atoms with van der Waals surface area (Å²) in [5, 5.41) is 3.27. The van der Waals surface area contributed by atoms with Crippen LogP contribution in [0.5, 0.6) is 0 Å². The van der Waals surface area contributed by atoms with Gasteiger partial charge < -0.3 is 10.2 Å². The second kappa shape index (κ2) is 9.32. The first-order chi connectivity index (χ1) is 10.9. The smallest absolute Gasteiger partial charge is 0.240 e. The van der Waals surface area contributed by atoms with Gasteiger partial charge in [-0.1, -0.05) is 18.2 Å². The van der Waals surface area contributed by atoms with Crippen LogP contribution in [-0.2, 0) is 16.6 Å². The molecule has 23 heavy (non-hydrogen) atoms. The summed E-state index contributed by atoms with van der Waals surface area (Å²) in [6.07, 6.45) is 3.91. The van der Waals surface area contributed by atoms with Gasteiger partial charge in [-0.25, -0.2) is 13.1 Å². The van der Waals surface area contributed by atoms with E-state index in [1.54, 1.807) is 31.3 Å². The number of hydrogen-bond acceptors (Lipinski definition) is 3. The molecule has 0 saturated carbocycles. The van der Waals surface area contributed by atoms with Crippen LogP contribution >= 0.6 is 0 Å². The van der Waals surface area contributed by atoms with Crippen molar-refractivity contribution in [2.45, 2.75) is 24.3 Å². The van der Waals surface area contributed by atoms with Crippen LogP contribution in [0.4, 0.5) is 0 Å². The average molecular weight is 338 g/mol.